The van der Waals surface area contributed by atoms with E-state index in [4.69, 9.17) is 0 Å². The Morgan fingerprint density at radius 1 is 1.03 bits per heavy atom. The molecule has 0 unspecified atom stereocenters. The summed E-state index contributed by atoms with van der Waals surface area (Å²) in [6.45, 7) is 4.21. The van der Waals surface area contributed by atoms with Crippen molar-refractivity contribution in [2.75, 3.05) is 18.0 Å². The molecule has 1 amide bonds. The van der Waals surface area contributed by atoms with Crippen LogP contribution in [0.3, 0.4) is 0 Å². The van der Waals surface area contributed by atoms with Crippen molar-refractivity contribution in [3.63, 3.8) is 0 Å². The molecule has 5 nitrogen and oxygen atoms in total. The first-order valence-electron chi connectivity index (χ1n) is 11.1. The van der Waals surface area contributed by atoms with Gasteiger partial charge in [-0.2, -0.15) is 0 Å². The fourth-order valence-electron chi connectivity index (χ4n) is 4.82. The lowest BCUT2D eigenvalue weighted by Gasteiger charge is -2.37. The molecule has 31 heavy (non-hydrogen) atoms. The lowest BCUT2D eigenvalue weighted by Crippen LogP contribution is -3.00. The van der Waals surface area contributed by atoms with Gasteiger partial charge in [-0.05, 0) is 43.2 Å². The lowest BCUT2D eigenvalue weighted by molar-refractivity contribution is -0.662. The van der Waals surface area contributed by atoms with Gasteiger partial charge in [0.05, 0.1) is 18.8 Å². The zero-order valence-electron chi connectivity index (χ0n) is 17.9. The second-order valence-corrected chi connectivity index (χ2v) is 9.81. The molecule has 2 aliphatic rings. The maximum absolute atomic E-state index is 13.8. The number of hydrogen-bond acceptors (Lipinski definition) is 3. The Hall–Kier alpha value is -1.89. The third-order valence-electron chi connectivity index (χ3n) is 6.60. The third kappa shape index (κ3) is 5.30. The molecule has 4 rings (SSSR count). The van der Waals surface area contributed by atoms with Crippen LogP contribution in [0, 0.1) is 11.8 Å². The van der Waals surface area contributed by atoms with Crippen molar-refractivity contribution in [3.8, 4) is 10.4 Å². The fourth-order valence-corrected chi connectivity index (χ4v) is 5.82. The first-order chi connectivity index (χ1) is 14.5. The van der Waals surface area contributed by atoms with Crippen LogP contribution in [0.5, 0.6) is 0 Å². The molecule has 2 fully saturated rings. The number of aromatic carboxylic acids is 1. The molecule has 168 valence electrons. The molecule has 2 aromatic rings. The van der Waals surface area contributed by atoms with Crippen LogP contribution in [-0.4, -0.2) is 36.1 Å². The van der Waals surface area contributed by atoms with Gasteiger partial charge in [0.25, 0.3) is 0 Å². The van der Waals surface area contributed by atoms with Crippen LogP contribution in [0.25, 0.3) is 10.4 Å². The van der Waals surface area contributed by atoms with Crippen LogP contribution < -0.4 is 22.6 Å². The number of quaternary nitrogens is 1. The van der Waals surface area contributed by atoms with Crippen molar-refractivity contribution in [2.24, 2.45) is 11.8 Å². The van der Waals surface area contributed by atoms with Gasteiger partial charge >= 0.3 is 5.97 Å². The summed E-state index contributed by atoms with van der Waals surface area (Å²) in [5.41, 5.74) is 1.59. The SMILES string of the molecule is CC1CCC(C(=O)N(c2cc(-c3ccccc3)sc2C(=O)O)C2CC[NH2+]CC2)CC1.[Cl-]. The van der Waals surface area contributed by atoms with E-state index in [-0.39, 0.29) is 35.2 Å². The number of hydrogen-bond donors (Lipinski definition) is 2. The molecule has 2 heterocycles. The van der Waals surface area contributed by atoms with Crippen LogP contribution in [-0.2, 0) is 4.79 Å². The summed E-state index contributed by atoms with van der Waals surface area (Å²) in [6.07, 6.45) is 5.79. The van der Waals surface area contributed by atoms with Gasteiger partial charge in [-0.25, -0.2) is 4.79 Å². The summed E-state index contributed by atoms with van der Waals surface area (Å²) in [6, 6.07) is 11.9. The summed E-state index contributed by atoms with van der Waals surface area (Å²) >= 11 is 1.28. The number of rotatable bonds is 5. The van der Waals surface area contributed by atoms with Gasteiger partial charge in [-0.1, -0.05) is 37.3 Å². The van der Waals surface area contributed by atoms with E-state index in [0.717, 1.165) is 62.1 Å². The van der Waals surface area contributed by atoms with E-state index in [1.165, 1.54) is 11.3 Å². The van der Waals surface area contributed by atoms with E-state index in [1.54, 1.807) is 0 Å². The number of piperidine rings is 1. The maximum Gasteiger partial charge on any atom is 0.348 e. The summed E-state index contributed by atoms with van der Waals surface area (Å²) < 4.78 is 0. The summed E-state index contributed by atoms with van der Waals surface area (Å²) in [7, 11) is 0. The number of carboxylic acid groups (broad SMARTS) is 1. The Kier molecular flexibility index (Phi) is 8.14. The molecule has 1 aromatic carbocycles. The van der Waals surface area contributed by atoms with Gasteiger partial charge in [-0.3, -0.25) is 4.79 Å². The van der Waals surface area contributed by atoms with Gasteiger partial charge in [-0.15, -0.1) is 11.3 Å². The van der Waals surface area contributed by atoms with E-state index in [9.17, 15) is 14.7 Å². The first-order valence-corrected chi connectivity index (χ1v) is 11.9. The van der Waals surface area contributed by atoms with Crippen molar-refractivity contribution in [2.45, 2.75) is 51.5 Å². The molecule has 7 heteroatoms. The van der Waals surface area contributed by atoms with Gasteiger partial charge < -0.3 is 27.7 Å². The number of anilines is 1. The van der Waals surface area contributed by atoms with E-state index in [2.05, 4.69) is 12.2 Å². The molecule has 1 aliphatic carbocycles. The Morgan fingerprint density at radius 3 is 2.29 bits per heavy atom. The molecule has 0 spiro atoms. The van der Waals surface area contributed by atoms with Crippen LogP contribution in [0.2, 0.25) is 0 Å². The first kappa shape index (κ1) is 23.8. The second kappa shape index (κ2) is 10.6. The number of amides is 1. The summed E-state index contributed by atoms with van der Waals surface area (Å²) in [5.74, 6) is -0.135. The largest absolute Gasteiger partial charge is 1.00 e. The Labute approximate surface area is 194 Å². The highest BCUT2D eigenvalue weighted by Crippen LogP contribution is 2.40. The van der Waals surface area contributed by atoms with Crippen LogP contribution in [0.1, 0.15) is 55.1 Å². The van der Waals surface area contributed by atoms with Crippen molar-refractivity contribution in [1.82, 2.24) is 0 Å². The average Bonchev–Trinajstić information content (AvgIpc) is 3.21. The second-order valence-electron chi connectivity index (χ2n) is 8.76. The smallest absolute Gasteiger partial charge is 0.348 e. The molecule has 0 radical (unpaired) electrons. The van der Waals surface area contributed by atoms with Crippen molar-refractivity contribution >= 4 is 28.9 Å². The van der Waals surface area contributed by atoms with E-state index in [0.29, 0.717) is 11.6 Å². The molecule has 1 aliphatic heterocycles. The molecule has 1 saturated heterocycles. The van der Waals surface area contributed by atoms with Crippen molar-refractivity contribution < 1.29 is 32.4 Å². The monoisotopic (exact) mass is 462 g/mol. The predicted molar refractivity (Wildman–Crippen MR) is 120 cm³/mol. The maximum atomic E-state index is 13.8. The fraction of sp³-hybridized carbons (Fsp3) is 0.500. The Balaban J connectivity index is 0.00000272. The normalized spacial score (nSPS) is 21.8. The molecule has 0 atom stereocenters. The molecule has 1 saturated carbocycles. The van der Waals surface area contributed by atoms with E-state index >= 15 is 0 Å². The molecule has 3 N–H and O–H groups in total. The van der Waals surface area contributed by atoms with Crippen molar-refractivity contribution in [1.29, 1.82) is 0 Å². The van der Waals surface area contributed by atoms with E-state index < -0.39 is 5.97 Å². The minimum atomic E-state index is -0.949. The molecule has 0 bridgehead atoms. The third-order valence-corrected chi connectivity index (χ3v) is 7.76. The minimum Gasteiger partial charge on any atom is -1.00 e. The lowest BCUT2D eigenvalue weighted by atomic mass is 9.82. The molecule has 1 aromatic heterocycles. The summed E-state index contributed by atoms with van der Waals surface area (Å²) in [4.78, 5) is 29.0. The van der Waals surface area contributed by atoms with Crippen LogP contribution in [0.15, 0.2) is 36.4 Å². The van der Waals surface area contributed by atoms with Gasteiger partial charge in [0.15, 0.2) is 0 Å². The van der Waals surface area contributed by atoms with Gasteiger partial charge in [0, 0.05) is 29.7 Å². The number of carbonyl (C=O) groups is 2. The van der Waals surface area contributed by atoms with E-state index in [1.807, 2.05) is 41.3 Å². The zero-order valence-corrected chi connectivity index (χ0v) is 19.5. The number of benzene rings is 1. The Morgan fingerprint density at radius 2 is 1.68 bits per heavy atom. The van der Waals surface area contributed by atoms with Gasteiger partial charge in [0.2, 0.25) is 5.91 Å². The molecular weight excluding hydrogens is 432 g/mol. The van der Waals surface area contributed by atoms with Crippen molar-refractivity contribution in [3.05, 3.63) is 41.3 Å². The average molecular weight is 463 g/mol. The highest BCUT2D eigenvalue weighted by atomic mass is 35.5. The summed E-state index contributed by atoms with van der Waals surface area (Å²) in [5, 5.41) is 12.2. The highest BCUT2D eigenvalue weighted by molar-refractivity contribution is 7.18. The number of thiophene rings is 1. The quantitative estimate of drug-likeness (QED) is 0.696. The van der Waals surface area contributed by atoms with Crippen LogP contribution >= 0.6 is 11.3 Å². The van der Waals surface area contributed by atoms with Crippen LogP contribution in [0.4, 0.5) is 5.69 Å². The molecular formula is C24H31ClN2O3S. The number of carboxylic acids is 1. The minimum absolute atomic E-state index is 0. The van der Waals surface area contributed by atoms with Gasteiger partial charge in [0.1, 0.15) is 4.88 Å². The topological polar surface area (TPSA) is 74.2 Å². The number of nitrogens with zero attached hydrogens (tertiary/aromatic N) is 1. The highest BCUT2D eigenvalue weighted by Gasteiger charge is 2.37. The Bertz CT molecular complexity index is 887. The predicted octanol–water partition coefficient (Wildman–Crippen LogP) is 1.00. The number of halogens is 1. The standard InChI is InChI=1S/C24H30N2O3S.ClH/c1-16-7-9-18(10-8-16)23(27)26(19-11-13-25-14-12-19)20-15-21(30-22(20)24(28)29)17-5-3-2-4-6-17;/h2-6,15-16,18-19,25H,7-14H2,1H3,(H,28,29);1H. The number of nitrogens with two attached hydrogens (primary N) is 1. The number of carbonyl (C=O) groups excluding carboxylic acids is 1. The zero-order chi connectivity index (χ0) is 21.1.